The van der Waals surface area contributed by atoms with Gasteiger partial charge < -0.3 is 10.3 Å². The number of nitriles is 1. The van der Waals surface area contributed by atoms with Gasteiger partial charge in [0, 0.05) is 36.1 Å². The van der Waals surface area contributed by atoms with Crippen molar-refractivity contribution in [2.45, 2.75) is 6.54 Å². The van der Waals surface area contributed by atoms with Crippen LogP contribution < -0.4 is 5.32 Å². The summed E-state index contributed by atoms with van der Waals surface area (Å²) in [4.78, 5) is 7.51. The summed E-state index contributed by atoms with van der Waals surface area (Å²) in [6.45, 7) is 0.651. The Kier molecular flexibility index (Phi) is 4.47. The highest BCUT2D eigenvalue weighted by Crippen LogP contribution is 2.30. The van der Waals surface area contributed by atoms with Crippen molar-refractivity contribution < 1.29 is 0 Å². The van der Waals surface area contributed by atoms with Gasteiger partial charge in [0.05, 0.1) is 17.3 Å². The maximum absolute atomic E-state index is 9.31. The third kappa shape index (κ3) is 3.29. The van der Waals surface area contributed by atoms with E-state index in [0.717, 1.165) is 33.7 Å². The molecule has 0 radical (unpaired) electrons. The molecular weight excluding hydrogens is 372 g/mol. The molecule has 0 bridgehead atoms. The van der Waals surface area contributed by atoms with E-state index in [2.05, 4.69) is 33.5 Å². The molecule has 2 N–H and O–H groups in total. The predicted octanol–water partition coefficient (Wildman–Crippen LogP) is 4.90. The van der Waals surface area contributed by atoms with Gasteiger partial charge in [-0.25, -0.2) is 9.67 Å². The monoisotopic (exact) mass is 390 g/mol. The average Bonchev–Trinajstić information content (AvgIpc) is 3.45. The lowest BCUT2D eigenvalue weighted by atomic mass is 10.1. The summed E-state index contributed by atoms with van der Waals surface area (Å²) in [5.74, 6) is 0.759. The number of nitrogens with one attached hydrogen (secondary N) is 2. The zero-order chi connectivity index (χ0) is 20.3. The smallest absolute Gasteiger partial charge is 0.156 e. The predicted molar refractivity (Wildman–Crippen MR) is 117 cm³/mol. The minimum atomic E-state index is 0.617. The lowest BCUT2D eigenvalue weighted by molar-refractivity contribution is 0.883. The Morgan fingerprint density at radius 1 is 1.03 bits per heavy atom. The second-order valence-electron chi connectivity index (χ2n) is 6.94. The standard InChI is InChI=1S/C24H18N6/c25-14-18-7-4-8-19(13-18)21-16-30(22-10-12-27-23-20(22)9-11-26-23)29-24(21)28-15-17-5-2-1-3-6-17/h1-13,16H,15H2,(H,26,27)(H,28,29). The number of nitrogens with zero attached hydrogens (tertiary/aromatic N) is 4. The molecule has 6 nitrogen and oxygen atoms in total. The number of aromatic amines is 1. The fourth-order valence-corrected chi connectivity index (χ4v) is 3.52. The van der Waals surface area contributed by atoms with Crippen LogP contribution in [-0.2, 0) is 6.54 Å². The van der Waals surface area contributed by atoms with Crippen molar-refractivity contribution in [2.75, 3.05) is 5.32 Å². The fourth-order valence-electron chi connectivity index (χ4n) is 3.52. The van der Waals surface area contributed by atoms with E-state index < -0.39 is 0 Å². The van der Waals surface area contributed by atoms with E-state index in [-0.39, 0.29) is 0 Å². The molecule has 0 unspecified atom stereocenters. The van der Waals surface area contributed by atoms with Gasteiger partial charge in [-0.1, -0.05) is 42.5 Å². The van der Waals surface area contributed by atoms with Gasteiger partial charge >= 0.3 is 0 Å². The molecule has 3 heterocycles. The first-order valence-electron chi connectivity index (χ1n) is 9.62. The summed E-state index contributed by atoms with van der Waals surface area (Å²) in [6.07, 6.45) is 5.63. The van der Waals surface area contributed by atoms with Crippen molar-refractivity contribution in [3.63, 3.8) is 0 Å². The zero-order valence-corrected chi connectivity index (χ0v) is 16.1. The molecule has 0 amide bonds. The minimum absolute atomic E-state index is 0.617. The number of aromatic nitrogens is 4. The SMILES string of the molecule is N#Cc1cccc(-c2cn(-c3ccnc4[nH]ccc34)nc2NCc2ccccc2)c1. The van der Waals surface area contributed by atoms with Crippen LogP contribution in [0.2, 0.25) is 0 Å². The van der Waals surface area contributed by atoms with E-state index in [9.17, 15) is 5.26 Å². The molecule has 0 aliphatic heterocycles. The van der Waals surface area contributed by atoms with Crippen LogP contribution in [0.25, 0.3) is 27.8 Å². The van der Waals surface area contributed by atoms with Gasteiger partial charge in [0.1, 0.15) is 5.65 Å². The molecule has 5 rings (SSSR count). The Morgan fingerprint density at radius 3 is 2.80 bits per heavy atom. The number of hydrogen-bond acceptors (Lipinski definition) is 4. The van der Waals surface area contributed by atoms with Crippen LogP contribution in [-0.4, -0.2) is 19.7 Å². The first kappa shape index (κ1) is 17.7. The summed E-state index contributed by atoms with van der Waals surface area (Å²) in [7, 11) is 0. The van der Waals surface area contributed by atoms with Crippen molar-refractivity contribution >= 4 is 16.9 Å². The van der Waals surface area contributed by atoms with Crippen LogP contribution in [0.4, 0.5) is 5.82 Å². The van der Waals surface area contributed by atoms with Crippen LogP contribution in [0.5, 0.6) is 0 Å². The molecule has 5 aromatic rings. The molecule has 0 fully saturated rings. The zero-order valence-electron chi connectivity index (χ0n) is 16.1. The summed E-state index contributed by atoms with van der Waals surface area (Å²) in [5.41, 5.74) is 5.41. The van der Waals surface area contributed by atoms with Crippen LogP contribution in [0.1, 0.15) is 11.1 Å². The van der Waals surface area contributed by atoms with Gasteiger partial charge in [0.2, 0.25) is 0 Å². The summed E-state index contributed by atoms with van der Waals surface area (Å²) in [6, 6.07) is 23.9. The van der Waals surface area contributed by atoms with E-state index in [1.54, 1.807) is 12.3 Å². The van der Waals surface area contributed by atoms with Gasteiger partial charge in [-0.2, -0.15) is 5.26 Å². The number of H-pyrrole nitrogens is 1. The van der Waals surface area contributed by atoms with E-state index in [0.29, 0.717) is 12.1 Å². The van der Waals surface area contributed by atoms with Gasteiger partial charge in [-0.05, 0) is 35.4 Å². The summed E-state index contributed by atoms with van der Waals surface area (Å²) in [5, 5.41) is 18.6. The van der Waals surface area contributed by atoms with Gasteiger partial charge in [0.25, 0.3) is 0 Å². The lowest BCUT2D eigenvalue weighted by Crippen LogP contribution is -2.02. The minimum Gasteiger partial charge on any atom is -0.364 e. The quantitative estimate of drug-likeness (QED) is 0.447. The topological polar surface area (TPSA) is 82.3 Å². The normalized spacial score (nSPS) is 10.8. The molecule has 3 aromatic heterocycles. The Labute approximate surface area is 173 Å². The van der Waals surface area contributed by atoms with Crippen molar-refractivity contribution in [1.29, 1.82) is 5.26 Å². The van der Waals surface area contributed by atoms with Crippen molar-refractivity contribution in [3.05, 3.63) is 96.4 Å². The molecular formula is C24H18N6. The van der Waals surface area contributed by atoms with Crippen LogP contribution in [0.15, 0.2) is 85.3 Å². The molecule has 6 heteroatoms. The number of benzene rings is 2. The van der Waals surface area contributed by atoms with Gasteiger partial charge in [-0.3, -0.25) is 0 Å². The molecule has 0 spiro atoms. The maximum Gasteiger partial charge on any atom is 0.156 e. The second kappa shape index (κ2) is 7.57. The summed E-state index contributed by atoms with van der Waals surface area (Å²) < 4.78 is 1.86. The van der Waals surface area contributed by atoms with Crippen LogP contribution in [0, 0.1) is 11.3 Å². The van der Waals surface area contributed by atoms with Gasteiger partial charge in [0.15, 0.2) is 5.82 Å². The molecule has 0 aliphatic rings. The molecule has 2 aromatic carbocycles. The fraction of sp³-hybridized carbons (Fsp3) is 0.0417. The van der Waals surface area contributed by atoms with Gasteiger partial charge in [-0.15, -0.1) is 5.10 Å². The Bertz CT molecular complexity index is 1360. The largest absolute Gasteiger partial charge is 0.364 e. The number of pyridine rings is 1. The summed E-state index contributed by atoms with van der Waals surface area (Å²) >= 11 is 0. The van der Waals surface area contributed by atoms with E-state index in [4.69, 9.17) is 5.10 Å². The van der Waals surface area contributed by atoms with E-state index in [1.807, 2.05) is 65.6 Å². The number of hydrogen-bond donors (Lipinski definition) is 2. The third-order valence-electron chi connectivity index (χ3n) is 5.00. The highest BCUT2D eigenvalue weighted by molar-refractivity contribution is 5.85. The number of rotatable bonds is 5. The van der Waals surface area contributed by atoms with Crippen LogP contribution in [0.3, 0.4) is 0 Å². The Balaban J connectivity index is 1.60. The molecule has 0 saturated heterocycles. The van der Waals surface area contributed by atoms with Crippen molar-refractivity contribution in [3.8, 4) is 22.9 Å². The molecule has 0 aliphatic carbocycles. The number of anilines is 1. The highest BCUT2D eigenvalue weighted by Gasteiger charge is 2.14. The third-order valence-corrected chi connectivity index (χ3v) is 5.00. The van der Waals surface area contributed by atoms with Crippen molar-refractivity contribution in [2.24, 2.45) is 0 Å². The molecule has 30 heavy (non-hydrogen) atoms. The average molecular weight is 390 g/mol. The molecule has 0 saturated carbocycles. The van der Waals surface area contributed by atoms with E-state index >= 15 is 0 Å². The first-order valence-corrected chi connectivity index (χ1v) is 9.62. The molecule has 0 atom stereocenters. The lowest BCUT2D eigenvalue weighted by Gasteiger charge is -2.06. The first-order chi connectivity index (χ1) is 14.8. The Morgan fingerprint density at radius 2 is 1.93 bits per heavy atom. The highest BCUT2D eigenvalue weighted by atomic mass is 15.3. The van der Waals surface area contributed by atoms with Crippen molar-refractivity contribution in [1.82, 2.24) is 19.7 Å². The molecule has 144 valence electrons. The van der Waals surface area contributed by atoms with E-state index in [1.165, 1.54) is 5.56 Å². The van der Waals surface area contributed by atoms with Crippen LogP contribution >= 0.6 is 0 Å². The second-order valence-corrected chi connectivity index (χ2v) is 6.94. The Hall–Kier alpha value is -4.37. The number of fused-ring (bicyclic) bond motifs is 1. The maximum atomic E-state index is 9.31.